The van der Waals surface area contributed by atoms with E-state index in [0.29, 0.717) is 0 Å². The third kappa shape index (κ3) is 5.63. The van der Waals surface area contributed by atoms with E-state index >= 15 is 0 Å². The Labute approximate surface area is 329 Å². The average molecular weight is 716 g/mol. The summed E-state index contributed by atoms with van der Waals surface area (Å²) in [5.74, 6) is 0. The quantitative estimate of drug-likeness (QED) is 0.159. The summed E-state index contributed by atoms with van der Waals surface area (Å²) in [4.78, 5) is 2.44. The van der Waals surface area contributed by atoms with Crippen LogP contribution in [0.3, 0.4) is 0 Å². The SMILES string of the molecule is CC1(C)c2cc(N(c3ccc(-c4ccc(-c5ccccc5)c5ccccc45)cc3)c3ccccc3-c3ccccc3)ccc2-c2c(-c3ccccc3)cccc21. The lowest BCUT2D eigenvalue weighted by atomic mass is 9.81. The Balaban J connectivity index is 1.12. The molecule has 9 aromatic carbocycles. The molecule has 0 spiro atoms. The molecule has 0 amide bonds. The van der Waals surface area contributed by atoms with Gasteiger partial charge < -0.3 is 4.90 Å². The number of para-hydroxylation sites is 1. The van der Waals surface area contributed by atoms with Crippen molar-refractivity contribution in [3.63, 3.8) is 0 Å². The Bertz CT molecular complexity index is 2850. The van der Waals surface area contributed by atoms with E-state index in [1.807, 2.05) is 0 Å². The van der Waals surface area contributed by atoms with Crippen LogP contribution in [0.5, 0.6) is 0 Å². The predicted molar refractivity (Wildman–Crippen MR) is 238 cm³/mol. The first-order valence-corrected chi connectivity index (χ1v) is 19.5. The van der Waals surface area contributed by atoms with E-state index in [1.54, 1.807) is 0 Å². The summed E-state index contributed by atoms with van der Waals surface area (Å²) in [7, 11) is 0. The van der Waals surface area contributed by atoms with Gasteiger partial charge in [0.15, 0.2) is 0 Å². The molecule has 1 aliphatic rings. The average Bonchev–Trinajstić information content (AvgIpc) is 3.50. The van der Waals surface area contributed by atoms with E-state index in [2.05, 4.69) is 231 Å². The Morgan fingerprint density at radius 2 is 0.786 bits per heavy atom. The molecule has 0 radical (unpaired) electrons. The minimum atomic E-state index is -0.174. The fourth-order valence-corrected chi connectivity index (χ4v) is 8.94. The highest BCUT2D eigenvalue weighted by Gasteiger charge is 2.37. The lowest BCUT2D eigenvalue weighted by Gasteiger charge is -2.30. The van der Waals surface area contributed by atoms with Gasteiger partial charge in [0.2, 0.25) is 0 Å². The van der Waals surface area contributed by atoms with Crippen LogP contribution in [-0.2, 0) is 5.41 Å². The molecule has 0 fully saturated rings. The summed E-state index contributed by atoms with van der Waals surface area (Å²) >= 11 is 0. The van der Waals surface area contributed by atoms with E-state index in [1.165, 1.54) is 77.5 Å². The van der Waals surface area contributed by atoms with Crippen molar-refractivity contribution < 1.29 is 0 Å². The van der Waals surface area contributed by atoms with Gasteiger partial charge in [-0.25, -0.2) is 0 Å². The molecule has 1 aliphatic carbocycles. The molecule has 0 atom stereocenters. The molecule has 0 aromatic heterocycles. The van der Waals surface area contributed by atoms with Gasteiger partial charge in [0.25, 0.3) is 0 Å². The van der Waals surface area contributed by atoms with Crippen molar-refractivity contribution in [2.24, 2.45) is 0 Å². The number of hydrogen-bond acceptors (Lipinski definition) is 1. The molecule has 0 aliphatic heterocycles. The molecule has 0 heterocycles. The van der Waals surface area contributed by atoms with Crippen molar-refractivity contribution in [3.05, 3.63) is 223 Å². The van der Waals surface area contributed by atoms with Crippen LogP contribution in [0, 0.1) is 0 Å². The Kier molecular flexibility index (Phi) is 8.23. The number of fused-ring (bicyclic) bond motifs is 4. The summed E-state index contributed by atoms with van der Waals surface area (Å²) < 4.78 is 0. The fourth-order valence-electron chi connectivity index (χ4n) is 8.94. The van der Waals surface area contributed by atoms with Crippen molar-refractivity contribution >= 4 is 27.8 Å². The van der Waals surface area contributed by atoms with E-state index in [0.717, 1.165) is 17.1 Å². The maximum absolute atomic E-state index is 2.44. The molecule has 9 aromatic rings. The monoisotopic (exact) mass is 715 g/mol. The highest BCUT2D eigenvalue weighted by molar-refractivity contribution is 6.05. The van der Waals surface area contributed by atoms with Crippen molar-refractivity contribution in [1.29, 1.82) is 0 Å². The van der Waals surface area contributed by atoms with E-state index in [-0.39, 0.29) is 5.41 Å². The maximum atomic E-state index is 2.44. The molecule has 56 heavy (non-hydrogen) atoms. The minimum Gasteiger partial charge on any atom is -0.310 e. The Morgan fingerprint density at radius 3 is 1.41 bits per heavy atom. The third-order valence-corrected chi connectivity index (χ3v) is 11.7. The molecule has 0 saturated heterocycles. The van der Waals surface area contributed by atoms with Crippen LogP contribution in [0.15, 0.2) is 212 Å². The van der Waals surface area contributed by atoms with Crippen molar-refractivity contribution in [2.75, 3.05) is 4.90 Å². The van der Waals surface area contributed by atoms with Gasteiger partial charge in [-0.15, -0.1) is 0 Å². The van der Waals surface area contributed by atoms with Gasteiger partial charge in [-0.3, -0.25) is 0 Å². The van der Waals surface area contributed by atoms with E-state index in [9.17, 15) is 0 Å². The summed E-state index contributed by atoms with van der Waals surface area (Å²) in [6.07, 6.45) is 0. The first-order valence-electron chi connectivity index (χ1n) is 19.5. The predicted octanol–water partition coefficient (Wildman–Crippen LogP) is 15.3. The summed E-state index contributed by atoms with van der Waals surface area (Å²) in [5.41, 5.74) is 18.4. The summed E-state index contributed by atoms with van der Waals surface area (Å²) in [6.45, 7) is 4.75. The third-order valence-electron chi connectivity index (χ3n) is 11.7. The van der Waals surface area contributed by atoms with E-state index in [4.69, 9.17) is 0 Å². The van der Waals surface area contributed by atoms with Crippen molar-refractivity contribution in [3.8, 4) is 55.6 Å². The smallest absolute Gasteiger partial charge is 0.0540 e. The summed E-state index contributed by atoms with van der Waals surface area (Å²) in [5, 5.41) is 2.51. The molecule has 1 nitrogen and oxygen atoms in total. The standard InChI is InChI=1S/C55H41N/c1-55(2)51-27-16-26-47(40-21-10-5-11-22-40)54(51)50-34-33-43(37-52(50)55)56(53-28-15-14-23-46(53)39-19-8-4-9-20-39)42-31-29-41(30-32-42)45-36-35-44(38-17-6-3-7-18-38)48-24-12-13-25-49(45)48/h3-37H,1-2H3. The molecular weight excluding hydrogens is 675 g/mol. The van der Waals surface area contributed by atoms with Crippen LogP contribution in [0.1, 0.15) is 25.0 Å². The molecule has 10 rings (SSSR count). The van der Waals surface area contributed by atoms with Gasteiger partial charge in [-0.1, -0.05) is 196 Å². The molecule has 0 bridgehead atoms. The van der Waals surface area contributed by atoms with Gasteiger partial charge in [-0.05, 0) is 102 Å². The molecule has 0 saturated carbocycles. The topological polar surface area (TPSA) is 3.24 Å². The van der Waals surface area contributed by atoms with Gasteiger partial charge in [0.1, 0.15) is 0 Å². The van der Waals surface area contributed by atoms with Crippen LogP contribution in [0.4, 0.5) is 17.1 Å². The molecule has 0 N–H and O–H groups in total. The van der Waals surface area contributed by atoms with Crippen LogP contribution in [-0.4, -0.2) is 0 Å². The zero-order valence-electron chi connectivity index (χ0n) is 31.7. The highest BCUT2D eigenvalue weighted by Crippen LogP contribution is 2.54. The number of nitrogens with zero attached hydrogens (tertiary/aromatic N) is 1. The second kappa shape index (κ2) is 13.7. The van der Waals surface area contributed by atoms with Crippen LogP contribution < -0.4 is 4.90 Å². The number of hydrogen-bond donors (Lipinski definition) is 0. The van der Waals surface area contributed by atoms with Gasteiger partial charge in [-0.2, -0.15) is 0 Å². The first kappa shape index (κ1) is 33.6. The largest absolute Gasteiger partial charge is 0.310 e. The number of rotatable bonds is 7. The van der Waals surface area contributed by atoms with Gasteiger partial charge in [0.05, 0.1) is 5.69 Å². The van der Waals surface area contributed by atoms with Crippen LogP contribution >= 0.6 is 0 Å². The Morgan fingerprint density at radius 1 is 0.321 bits per heavy atom. The lowest BCUT2D eigenvalue weighted by molar-refractivity contribution is 0.660. The summed E-state index contributed by atoms with van der Waals surface area (Å²) in [6, 6.07) is 77.5. The maximum Gasteiger partial charge on any atom is 0.0540 e. The zero-order valence-corrected chi connectivity index (χ0v) is 31.7. The molecular formula is C55H41N. The molecule has 266 valence electrons. The van der Waals surface area contributed by atoms with Gasteiger partial charge in [0, 0.05) is 22.4 Å². The zero-order chi connectivity index (χ0) is 37.6. The van der Waals surface area contributed by atoms with Crippen molar-refractivity contribution in [1.82, 2.24) is 0 Å². The van der Waals surface area contributed by atoms with E-state index < -0.39 is 0 Å². The first-order chi connectivity index (χ1) is 27.6. The normalized spacial score (nSPS) is 12.6. The van der Waals surface area contributed by atoms with Crippen LogP contribution in [0.2, 0.25) is 0 Å². The second-order valence-corrected chi connectivity index (χ2v) is 15.3. The lowest BCUT2D eigenvalue weighted by Crippen LogP contribution is -2.17. The number of benzene rings is 9. The highest BCUT2D eigenvalue weighted by atomic mass is 15.1. The van der Waals surface area contributed by atoms with Crippen molar-refractivity contribution in [2.45, 2.75) is 19.3 Å². The minimum absolute atomic E-state index is 0.174. The molecule has 1 heteroatoms. The van der Waals surface area contributed by atoms with Crippen LogP contribution in [0.25, 0.3) is 66.4 Å². The second-order valence-electron chi connectivity index (χ2n) is 15.3. The fraction of sp³-hybridized carbons (Fsp3) is 0.0545. The Hall–Kier alpha value is -6.96. The van der Waals surface area contributed by atoms with Gasteiger partial charge >= 0.3 is 0 Å². The number of anilines is 3. The molecule has 0 unspecified atom stereocenters.